The molecule has 0 radical (unpaired) electrons. The van der Waals surface area contributed by atoms with Gasteiger partial charge < -0.3 is 4.57 Å². The van der Waals surface area contributed by atoms with Crippen LogP contribution in [0.25, 0.3) is 10.9 Å². The van der Waals surface area contributed by atoms with Crippen molar-refractivity contribution in [2.75, 3.05) is 0 Å². The molecule has 80 valence electrons. The maximum atomic E-state index is 5.06. The van der Waals surface area contributed by atoms with Gasteiger partial charge in [0.1, 0.15) is 0 Å². The first kappa shape index (κ1) is 10.2. The van der Waals surface area contributed by atoms with Crippen LogP contribution in [0.1, 0.15) is 18.2 Å². The highest BCUT2D eigenvalue weighted by Crippen LogP contribution is 2.21. The molecule has 1 aromatic carbocycles. The Morgan fingerprint density at radius 1 is 1.33 bits per heavy atom. The number of hydrogen-bond acceptors (Lipinski definition) is 2. The number of rotatable bonds is 3. The van der Waals surface area contributed by atoms with Crippen LogP contribution in [0.15, 0.2) is 24.3 Å². The summed E-state index contributed by atoms with van der Waals surface area (Å²) in [5, 5.41) is 1.25. The van der Waals surface area contributed by atoms with Crippen LogP contribution in [-0.4, -0.2) is 4.57 Å². The molecule has 0 spiro atoms. The molecule has 0 fully saturated rings. The molecule has 2 N–H and O–H groups in total. The van der Waals surface area contributed by atoms with E-state index < -0.39 is 0 Å². The van der Waals surface area contributed by atoms with E-state index in [1.165, 1.54) is 16.6 Å². The zero-order valence-electron chi connectivity index (χ0n) is 9.16. The molecule has 0 aliphatic heterocycles. The van der Waals surface area contributed by atoms with E-state index in [2.05, 4.69) is 47.5 Å². The maximum Gasteiger partial charge on any atom is 0.0930 e. The summed E-state index contributed by atoms with van der Waals surface area (Å²) in [7, 11) is 0. The van der Waals surface area contributed by atoms with Gasteiger partial charge >= 0.3 is 0 Å². The average Bonchev–Trinajstić information content (AvgIpc) is 2.53. The third-order valence-corrected chi connectivity index (χ3v) is 2.74. The fourth-order valence-electron chi connectivity index (χ4n) is 2.06. The fraction of sp³-hybridized carbons (Fsp3) is 0.333. The highest BCUT2D eigenvalue weighted by molar-refractivity contribution is 5.82. The lowest BCUT2D eigenvalue weighted by Crippen LogP contribution is -1.99. The molecule has 0 saturated heterocycles. The molecule has 1 aromatic heterocycles. The number of benzene rings is 1. The number of nitrogens with two attached hydrogens (primary N) is 1. The lowest BCUT2D eigenvalue weighted by atomic mass is 10.2. The smallest absolute Gasteiger partial charge is 0.0930 e. The Balaban J connectivity index is 2.54. The number of aromatic nitrogens is 1. The Bertz CT molecular complexity index is 474. The van der Waals surface area contributed by atoms with Crippen molar-refractivity contribution in [3.05, 3.63) is 35.5 Å². The van der Waals surface area contributed by atoms with Gasteiger partial charge in [-0.15, -0.1) is 0 Å². The van der Waals surface area contributed by atoms with Crippen LogP contribution in [-0.2, 0) is 18.0 Å². The van der Waals surface area contributed by atoms with Gasteiger partial charge in [-0.1, -0.05) is 6.07 Å². The van der Waals surface area contributed by atoms with E-state index in [-0.39, 0.29) is 0 Å². The molecule has 2 aromatic rings. The largest absolute Gasteiger partial charge is 0.345 e. The normalized spacial score (nSPS) is 11.1. The molecule has 0 atom stereocenters. The minimum absolute atomic E-state index is 0.465. The van der Waals surface area contributed by atoms with Gasteiger partial charge in [-0.05, 0) is 37.6 Å². The van der Waals surface area contributed by atoms with Gasteiger partial charge in [0, 0.05) is 23.1 Å². The number of aryl methyl sites for hydroxylation is 2. The molecule has 3 nitrogen and oxygen atoms in total. The Kier molecular flexibility index (Phi) is 2.75. The van der Waals surface area contributed by atoms with Crippen molar-refractivity contribution >= 4 is 10.9 Å². The quantitative estimate of drug-likeness (QED) is 0.780. The van der Waals surface area contributed by atoms with Crippen molar-refractivity contribution in [1.82, 2.24) is 4.57 Å². The summed E-state index contributed by atoms with van der Waals surface area (Å²) in [6.07, 6.45) is 0. The fourth-order valence-corrected chi connectivity index (χ4v) is 2.06. The van der Waals surface area contributed by atoms with Gasteiger partial charge in [0.2, 0.25) is 0 Å². The minimum Gasteiger partial charge on any atom is -0.345 e. The summed E-state index contributed by atoms with van der Waals surface area (Å²) in [6.45, 7) is 5.75. The standard InChI is InChI=1S/C12H16N2O/c1-3-14-9(2)6-11-7-10(8-15-13)4-5-12(11)14/h4-7H,3,8,13H2,1-2H3. The third kappa shape index (κ3) is 1.76. The molecule has 1 heterocycles. The molecule has 0 aliphatic rings. The predicted octanol–water partition coefficient (Wildman–Crippen LogP) is 2.36. The summed E-state index contributed by atoms with van der Waals surface area (Å²) in [4.78, 5) is 4.63. The van der Waals surface area contributed by atoms with Crippen LogP contribution in [0.5, 0.6) is 0 Å². The molecule has 3 heteroatoms. The first-order valence-electron chi connectivity index (χ1n) is 5.16. The SMILES string of the molecule is CCn1c(C)cc2cc(CON)ccc21. The van der Waals surface area contributed by atoms with Crippen molar-refractivity contribution in [2.45, 2.75) is 27.0 Å². The molecule has 0 unspecified atom stereocenters. The Morgan fingerprint density at radius 2 is 2.13 bits per heavy atom. The lowest BCUT2D eigenvalue weighted by Gasteiger charge is -2.04. The average molecular weight is 204 g/mol. The van der Waals surface area contributed by atoms with E-state index in [1.54, 1.807) is 0 Å². The van der Waals surface area contributed by atoms with E-state index in [0.717, 1.165) is 12.1 Å². The number of hydrogen-bond donors (Lipinski definition) is 1. The second kappa shape index (κ2) is 4.04. The Labute approximate surface area is 89.4 Å². The Hall–Kier alpha value is -1.32. The monoisotopic (exact) mass is 204 g/mol. The molecule has 2 rings (SSSR count). The van der Waals surface area contributed by atoms with E-state index in [4.69, 9.17) is 5.90 Å². The van der Waals surface area contributed by atoms with Crippen LogP contribution < -0.4 is 5.90 Å². The van der Waals surface area contributed by atoms with Crippen molar-refractivity contribution in [3.8, 4) is 0 Å². The van der Waals surface area contributed by atoms with Gasteiger partial charge in [0.25, 0.3) is 0 Å². The topological polar surface area (TPSA) is 40.2 Å². The predicted molar refractivity (Wildman–Crippen MR) is 61.3 cm³/mol. The summed E-state index contributed by atoms with van der Waals surface area (Å²) in [5.74, 6) is 5.06. The highest BCUT2D eigenvalue weighted by Gasteiger charge is 2.04. The molecular formula is C12H16N2O. The van der Waals surface area contributed by atoms with Crippen molar-refractivity contribution in [2.24, 2.45) is 5.90 Å². The second-order valence-corrected chi connectivity index (χ2v) is 3.73. The first-order chi connectivity index (χ1) is 7.26. The van der Waals surface area contributed by atoms with Gasteiger partial charge in [-0.3, -0.25) is 4.84 Å². The maximum absolute atomic E-state index is 5.06. The Morgan fingerprint density at radius 3 is 2.80 bits per heavy atom. The first-order valence-corrected chi connectivity index (χ1v) is 5.16. The molecule has 0 aliphatic carbocycles. The zero-order chi connectivity index (χ0) is 10.8. The van der Waals surface area contributed by atoms with Gasteiger partial charge in [-0.2, -0.15) is 0 Å². The highest BCUT2D eigenvalue weighted by atomic mass is 16.6. The zero-order valence-corrected chi connectivity index (χ0v) is 9.16. The van der Waals surface area contributed by atoms with Gasteiger partial charge in [0.05, 0.1) is 6.61 Å². The van der Waals surface area contributed by atoms with Crippen LogP contribution in [0.2, 0.25) is 0 Å². The minimum atomic E-state index is 0.465. The van der Waals surface area contributed by atoms with E-state index in [0.29, 0.717) is 6.61 Å². The summed E-state index contributed by atoms with van der Waals surface area (Å²) < 4.78 is 2.29. The molecule has 0 bridgehead atoms. The van der Waals surface area contributed by atoms with Crippen LogP contribution in [0, 0.1) is 6.92 Å². The summed E-state index contributed by atoms with van der Waals surface area (Å²) in [5.41, 5.74) is 3.67. The lowest BCUT2D eigenvalue weighted by molar-refractivity contribution is 0.124. The molecule has 0 saturated carbocycles. The second-order valence-electron chi connectivity index (χ2n) is 3.73. The summed E-state index contributed by atoms with van der Waals surface area (Å²) >= 11 is 0. The van der Waals surface area contributed by atoms with Crippen LogP contribution >= 0.6 is 0 Å². The molecule has 0 amide bonds. The number of nitrogens with zero attached hydrogens (tertiary/aromatic N) is 1. The molecular weight excluding hydrogens is 188 g/mol. The van der Waals surface area contributed by atoms with Gasteiger partial charge in [0.15, 0.2) is 0 Å². The third-order valence-electron chi connectivity index (χ3n) is 2.74. The number of fused-ring (bicyclic) bond motifs is 1. The van der Waals surface area contributed by atoms with Crippen LogP contribution in [0.3, 0.4) is 0 Å². The van der Waals surface area contributed by atoms with E-state index in [9.17, 15) is 0 Å². The van der Waals surface area contributed by atoms with E-state index in [1.807, 2.05) is 0 Å². The van der Waals surface area contributed by atoms with Crippen molar-refractivity contribution in [3.63, 3.8) is 0 Å². The van der Waals surface area contributed by atoms with Gasteiger partial charge in [-0.25, -0.2) is 5.90 Å². The van der Waals surface area contributed by atoms with E-state index >= 15 is 0 Å². The van der Waals surface area contributed by atoms with Crippen molar-refractivity contribution in [1.29, 1.82) is 0 Å². The van der Waals surface area contributed by atoms with Crippen LogP contribution in [0.4, 0.5) is 0 Å². The summed E-state index contributed by atoms with van der Waals surface area (Å²) in [6, 6.07) is 8.50. The van der Waals surface area contributed by atoms with Crippen molar-refractivity contribution < 1.29 is 4.84 Å². The molecule has 15 heavy (non-hydrogen) atoms.